The third-order valence-electron chi connectivity index (χ3n) is 6.33. The Morgan fingerprint density at radius 2 is 1.07 bits per heavy atom. The molecular formula is C33H32N2O6. The summed E-state index contributed by atoms with van der Waals surface area (Å²) in [6, 6.07) is 32.9. The Bertz CT molecular complexity index is 1400. The summed E-state index contributed by atoms with van der Waals surface area (Å²) in [5, 5.41) is 15.0. The van der Waals surface area contributed by atoms with Gasteiger partial charge < -0.3 is 25.2 Å². The quantitative estimate of drug-likeness (QED) is 0.217. The number of nitrogens with one attached hydrogen (secondary N) is 2. The van der Waals surface area contributed by atoms with Crippen LogP contribution in [0, 0.1) is 0 Å². The van der Waals surface area contributed by atoms with Crippen LogP contribution in [0.15, 0.2) is 115 Å². The molecule has 0 unspecified atom stereocenters. The van der Waals surface area contributed by atoms with Gasteiger partial charge in [-0.1, -0.05) is 103 Å². The highest BCUT2D eigenvalue weighted by atomic mass is 16.5. The summed E-state index contributed by atoms with van der Waals surface area (Å²) in [6.45, 7) is 0.451. The van der Waals surface area contributed by atoms with Gasteiger partial charge in [0.2, 0.25) is 5.91 Å². The second-order valence-corrected chi connectivity index (χ2v) is 9.47. The molecule has 0 radical (unpaired) electrons. The molecule has 3 N–H and O–H groups in total. The molecule has 0 aliphatic heterocycles. The van der Waals surface area contributed by atoms with Crippen molar-refractivity contribution in [2.24, 2.45) is 0 Å². The van der Waals surface area contributed by atoms with Gasteiger partial charge in [0.1, 0.15) is 31.0 Å². The predicted molar refractivity (Wildman–Crippen MR) is 154 cm³/mol. The van der Waals surface area contributed by atoms with Crippen LogP contribution in [-0.4, -0.2) is 35.2 Å². The number of carboxylic acids is 1. The molecule has 4 aromatic rings. The van der Waals surface area contributed by atoms with E-state index in [4.69, 9.17) is 9.47 Å². The minimum atomic E-state index is -1.21. The molecule has 0 spiro atoms. The van der Waals surface area contributed by atoms with E-state index in [9.17, 15) is 19.5 Å². The lowest BCUT2D eigenvalue weighted by Crippen LogP contribution is -2.53. The van der Waals surface area contributed by atoms with E-state index >= 15 is 0 Å². The summed E-state index contributed by atoms with van der Waals surface area (Å²) in [6.07, 6.45) is -0.563. The van der Waals surface area contributed by atoms with Crippen molar-refractivity contribution in [1.82, 2.24) is 10.6 Å². The summed E-state index contributed by atoms with van der Waals surface area (Å²) < 4.78 is 11.1. The van der Waals surface area contributed by atoms with Crippen LogP contribution in [0.1, 0.15) is 22.3 Å². The Kier molecular flexibility index (Phi) is 10.5. The molecule has 0 saturated carbocycles. The van der Waals surface area contributed by atoms with Crippen LogP contribution < -0.4 is 15.4 Å². The molecule has 4 rings (SSSR count). The number of aliphatic carboxylic acids is 1. The summed E-state index contributed by atoms with van der Waals surface area (Å²) in [5.41, 5.74) is 3.34. The Labute approximate surface area is 238 Å². The lowest BCUT2D eigenvalue weighted by molar-refractivity contribution is -0.142. The summed E-state index contributed by atoms with van der Waals surface area (Å²) in [7, 11) is 0. The van der Waals surface area contributed by atoms with E-state index in [1.807, 2.05) is 91.0 Å². The van der Waals surface area contributed by atoms with Crippen LogP contribution >= 0.6 is 0 Å². The van der Waals surface area contributed by atoms with E-state index in [1.54, 1.807) is 24.3 Å². The van der Waals surface area contributed by atoms with Gasteiger partial charge in [-0.3, -0.25) is 4.79 Å². The fourth-order valence-corrected chi connectivity index (χ4v) is 4.14. The molecule has 0 fully saturated rings. The molecule has 0 aliphatic rings. The number of carbonyl (C=O) groups excluding carboxylic acids is 2. The minimum absolute atomic E-state index is 0.0369. The largest absolute Gasteiger partial charge is 0.489 e. The number of hydrogen-bond donors (Lipinski definition) is 3. The van der Waals surface area contributed by atoms with Crippen molar-refractivity contribution in [2.45, 2.75) is 38.1 Å². The van der Waals surface area contributed by atoms with Gasteiger partial charge in [0.25, 0.3) is 0 Å². The van der Waals surface area contributed by atoms with Crippen molar-refractivity contribution in [2.75, 3.05) is 0 Å². The first-order valence-corrected chi connectivity index (χ1v) is 13.3. The molecule has 210 valence electrons. The monoisotopic (exact) mass is 552 g/mol. The molecule has 8 nitrogen and oxygen atoms in total. The maximum absolute atomic E-state index is 13.3. The first kappa shape index (κ1) is 28.9. The van der Waals surface area contributed by atoms with Crippen molar-refractivity contribution in [3.8, 4) is 5.75 Å². The number of alkyl carbamates (subject to hydrolysis) is 1. The van der Waals surface area contributed by atoms with Gasteiger partial charge >= 0.3 is 12.1 Å². The Hall–Kier alpha value is -5.11. The number of carbonyl (C=O) groups is 3. The molecule has 0 saturated heterocycles. The predicted octanol–water partition coefficient (Wildman–Crippen LogP) is 4.92. The van der Waals surface area contributed by atoms with Crippen molar-refractivity contribution < 1.29 is 29.0 Å². The molecule has 41 heavy (non-hydrogen) atoms. The van der Waals surface area contributed by atoms with Crippen LogP contribution in [0.5, 0.6) is 5.75 Å². The number of hydrogen-bond acceptors (Lipinski definition) is 5. The van der Waals surface area contributed by atoms with E-state index in [0.717, 1.165) is 16.7 Å². The zero-order valence-electron chi connectivity index (χ0n) is 22.4. The average molecular weight is 553 g/mol. The van der Waals surface area contributed by atoms with E-state index in [-0.39, 0.29) is 19.4 Å². The van der Waals surface area contributed by atoms with Crippen LogP contribution in [0.25, 0.3) is 0 Å². The van der Waals surface area contributed by atoms with Crippen molar-refractivity contribution in [1.29, 1.82) is 0 Å². The van der Waals surface area contributed by atoms with Crippen LogP contribution in [0.3, 0.4) is 0 Å². The van der Waals surface area contributed by atoms with E-state index < -0.39 is 30.1 Å². The molecule has 8 heteroatoms. The van der Waals surface area contributed by atoms with Crippen molar-refractivity contribution in [3.05, 3.63) is 138 Å². The van der Waals surface area contributed by atoms with Crippen LogP contribution in [-0.2, 0) is 40.4 Å². The summed E-state index contributed by atoms with van der Waals surface area (Å²) >= 11 is 0. The average Bonchev–Trinajstić information content (AvgIpc) is 3.00. The van der Waals surface area contributed by atoms with Crippen molar-refractivity contribution >= 4 is 18.0 Å². The molecule has 0 bridgehead atoms. The van der Waals surface area contributed by atoms with Gasteiger partial charge in [-0.15, -0.1) is 0 Å². The first-order chi connectivity index (χ1) is 20.0. The molecule has 4 aromatic carbocycles. The molecule has 0 aliphatic carbocycles. The fraction of sp³-hybridized carbons (Fsp3) is 0.182. The highest BCUT2D eigenvalue weighted by Gasteiger charge is 2.27. The number of amides is 2. The SMILES string of the molecule is O=C(N[C@H](Cc1ccccc1)C(=O)N[C@@H](Cc1ccc(OCc2ccccc2)cc1)C(=O)O)OCc1ccccc1. The van der Waals surface area contributed by atoms with Crippen LogP contribution in [0.2, 0.25) is 0 Å². The Morgan fingerprint density at radius 1 is 0.585 bits per heavy atom. The van der Waals surface area contributed by atoms with E-state index in [2.05, 4.69) is 10.6 Å². The highest BCUT2D eigenvalue weighted by molar-refractivity contribution is 5.89. The number of carboxylic acid groups (broad SMARTS) is 1. The van der Waals surface area contributed by atoms with E-state index in [0.29, 0.717) is 17.9 Å². The standard InChI is InChI=1S/C33H32N2O6/c36-31(29(20-24-10-4-1-5-11-24)35-33(39)41-23-27-14-8-3-9-15-27)34-30(32(37)38)21-25-16-18-28(19-17-25)40-22-26-12-6-2-7-13-26/h1-19,29-30H,20-23H2,(H,34,36)(H,35,39)(H,37,38)/t29-,30+/m1/s1. The molecule has 0 heterocycles. The Morgan fingerprint density at radius 3 is 1.63 bits per heavy atom. The van der Waals surface area contributed by atoms with Crippen LogP contribution in [0.4, 0.5) is 4.79 Å². The third kappa shape index (κ3) is 9.54. The maximum atomic E-state index is 13.3. The second kappa shape index (κ2) is 14.9. The van der Waals surface area contributed by atoms with Gasteiger partial charge in [-0.05, 0) is 34.4 Å². The smallest absolute Gasteiger partial charge is 0.408 e. The van der Waals surface area contributed by atoms with Gasteiger partial charge in [0.05, 0.1) is 0 Å². The molecule has 2 atom stereocenters. The highest BCUT2D eigenvalue weighted by Crippen LogP contribution is 2.16. The zero-order chi connectivity index (χ0) is 28.9. The Balaban J connectivity index is 1.37. The normalized spacial score (nSPS) is 12.0. The van der Waals surface area contributed by atoms with Gasteiger partial charge in [-0.25, -0.2) is 9.59 Å². The zero-order valence-corrected chi connectivity index (χ0v) is 22.4. The summed E-state index contributed by atoms with van der Waals surface area (Å²) in [5.74, 6) is -1.16. The minimum Gasteiger partial charge on any atom is -0.489 e. The third-order valence-corrected chi connectivity index (χ3v) is 6.33. The number of benzene rings is 4. The van der Waals surface area contributed by atoms with Gasteiger partial charge in [-0.2, -0.15) is 0 Å². The number of ether oxygens (including phenoxy) is 2. The summed E-state index contributed by atoms with van der Waals surface area (Å²) in [4.78, 5) is 37.9. The lowest BCUT2D eigenvalue weighted by atomic mass is 10.0. The molecule has 2 amide bonds. The fourth-order valence-electron chi connectivity index (χ4n) is 4.14. The lowest BCUT2D eigenvalue weighted by Gasteiger charge is -2.22. The maximum Gasteiger partial charge on any atom is 0.408 e. The van der Waals surface area contributed by atoms with Gasteiger partial charge in [0, 0.05) is 12.8 Å². The van der Waals surface area contributed by atoms with Crippen molar-refractivity contribution in [3.63, 3.8) is 0 Å². The number of rotatable bonds is 13. The molecular weight excluding hydrogens is 520 g/mol. The van der Waals surface area contributed by atoms with E-state index in [1.165, 1.54) is 0 Å². The second-order valence-electron chi connectivity index (χ2n) is 9.47. The topological polar surface area (TPSA) is 114 Å². The molecule has 0 aromatic heterocycles. The van der Waals surface area contributed by atoms with Gasteiger partial charge in [0.15, 0.2) is 0 Å². The first-order valence-electron chi connectivity index (χ1n) is 13.3.